The summed E-state index contributed by atoms with van der Waals surface area (Å²) in [6.07, 6.45) is 2.05. The Bertz CT molecular complexity index is 444. The number of nitrogens with one attached hydrogen (secondary N) is 1. The van der Waals surface area contributed by atoms with E-state index in [1.807, 2.05) is 43.1 Å². The van der Waals surface area contributed by atoms with Crippen LogP contribution in [0.1, 0.15) is 31.4 Å². The number of carbonyl (C=O) groups is 1. The summed E-state index contributed by atoms with van der Waals surface area (Å²) in [6.45, 7) is 3.83. The van der Waals surface area contributed by atoms with Gasteiger partial charge in [-0.2, -0.15) is 0 Å². The highest BCUT2D eigenvalue weighted by Gasteiger charge is 2.27. The monoisotopic (exact) mass is 280 g/mol. The van der Waals surface area contributed by atoms with Gasteiger partial charge in [0.05, 0.1) is 12.0 Å². The molecule has 1 amide bonds. The normalized spacial score (nSPS) is 20.9. The third kappa shape index (κ3) is 3.28. The van der Waals surface area contributed by atoms with Gasteiger partial charge in [-0.3, -0.25) is 4.79 Å². The van der Waals surface area contributed by atoms with Crippen LogP contribution in [0.4, 0.5) is 0 Å². The first-order valence-corrected chi connectivity index (χ1v) is 7.21. The average molecular weight is 281 g/mol. The van der Waals surface area contributed by atoms with Crippen LogP contribution in [0.25, 0.3) is 0 Å². The van der Waals surface area contributed by atoms with Crippen molar-refractivity contribution in [3.63, 3.8) is 0 Å². The molecule has 3 nitrogen and oxygen atoms in total. The molecule has 1 N–H and O–H groups in total. The van der Waals surface area contributed by atoms with Crippen molar-refractivity contribution in [2.75, 3.05) is 20.1 Å². The van der Waals surface area contributed by atoms with Crippen LogP contribution in [-0.4, -0.2) is 30.9 Å². The molecule has 2 atom stereocenters. The van der Waals surface area contributed by atoms with Crippen LogP contribution in [-0.2, 0) is 4.79 Å². The van der Waals surface area contributed by atoms with Gasteiger partial charge in [-0.05, 0) is 37.9 Å². The summed E-state index contributed by atoms with van der Waals surface area (Å²) in [5, 5.41) is 4.01. The zero-order chi connectivity index (χ0) is 13.8. The first-order valence-electron chi connectivity index (χ1n) is 6.83. The molecule has 0 radical (unpaired) electrons. The quantitative estimate of drug-likeness (QED) is 0.923. The molecular weight excluding hydrogens is 260 g/mol. The van der Waals surface area contributed by atoms with Crippen molar-refractivity contribution in [3.05, 3.63) is 34.9 Å². The van der Waals surface area contributed by atoms with E-state index in [1.165, 1.54) is 0 Å². The largest absolute Gasteiger partial charge is 0.339 e. The molecule has 1 unspecified atom stereocenters. The molecule has 19 heavy (non-hydrogen) atoms. The first kappa shape index (κ1) is 14.4. The summed E-state index contributed by atoms with van der Waals surface area (Å²) in [4.78, 5) is 14.3. The average Bonchev–Trinajstić information content (AvgIpc) is 2.46. The molecule has 1 saturated heterocycles. The molecule has 1 aliphatic heterocycles. The van der Waals surface area contributed by atoms with Crippen LogP contribution in [0.5, 0.6) is 0 Å². The van der Waals surface area contributed by atoms with Crippen molar-refractivity contribution in [1.82, 2.24) is 10.2 Å². The molecule has 2 rings (SSSR count). The molecule has 1 aliphatic rings. The van der Waals surface area contributed by atoms with Crippen LogP contribution in [0.3, 0.4) is 0 Å². The van der Waals surface area contributed by atoms with E-state index in [-0.39, 0.29) is 17.9 Å². The zero-order valence-electron chi connectivity index (χ0n) is 11.5. The van der Waals surface area contributed by atoms with Gasteiger partial charge in [0, 0.05) is 18.6 Å². The van der Waals surface area contributed by atoms with E-state index in [2.05, 4.69) is 5.32 Å². The van der Waals surface area contributed by atoms with Gasteiger partial charge in [-0.25, -0.2) is 0 Å². The number of halogens is 1. The van der Waals surface area contributed by atoms with Crippen LogP contribution < -0.4 is 5.32 Å². The summed E-state index contributed by atoms with van der Waals surface area (Å²) in [6, 6.07) is 7.72. The van der Waals surface area contributed by atoms with E-state index in [9.17, 15) is 4.79 Å². The number of carbonyl (C=O) groups excluding carboxylic acids is 1. The van der Waals surface area contributed by atoms with Gasteiger partial charge >= 0.3 is 0 Å². The van der Waals surface area contributed by atoms with Crippen LogP contribution in [0, 0.1) is 5.92 Å². The molecule has 0 spiro atoms. The van der Waals surface area contributed by atoms with E-state index in [0.29, 0.717) is 0 Å². The number of nitrogens with zero attached hydrogens (tertiary/aromatic N) is 1. The topological polar surface area (TPSA) is 32.3 Å². The second-order valence-corrected chi connectivity index (χ2v) is 5.60. The minimum atomic E-state index is 0.00289. The smallest absolute Gasteiger partial charge is 0.227 e. The first-order chi connectivity index (χ1) is 9.11. The van der Waals surface area contributed by atoms with Crippen LogP contribution in [0.2, 0.25) is 5.02 Å². The Morgan fingerprint density at radius 2 is 2.21 bits per heavy atom. The third-order valence-electron chi connectivity index (χ3n) is 3.93. The highest BCUT2D eigenvalue weighted by Crippen LogP contribution is 2.27. The minimum Gasteiger partial charge on any atom is -0.339 e. The minimum absolute atomic E-state index is 0.00289. The third-order valence-corrected chi connectivity index (χ3v) is 4.27. The maximum atomic E-state index is 12.5. The van der Waals surface area contributed by atoms with Gasteiger partial charge in [0.25, 0.3) is 0 Å². The number of amides is 1. The fourth-order valence-corrected chi connectivity index (χ4v) is 2.86. The van der Waals surface area contributed by atoms with E-state index < -0.39 is 0 Å². The molecule has 1 aromatic rings. The molecule has 1 aromatic carbocycles. The van der Waals surface area contributed by atoms with Crippen molar-refractivity contribution in [3.8, 4) is 0 Å². The van der Waals surface area contributed by atoms with Crippen molar-refractivity contribution < 1.29 is 4.79 Å². The second kappa shape index (κ2) is 6.40. The predicted molar refractivity (Wildman–Crippen MR) is 78.2 cm³/mol. The second-order valence-electron chi connectivity index (χ2n) is 5.19. The number of benzene rings is 1. The van der Waals surface area contributed by atoms with Gasteiger partial charge in [0.2, 0.25) is 5.91 Å². The number of hydrogen-bond donors (Lipinski definition) is 1. The van der Waals surface area contributed by atoms with E-state index in [0.717, 1.165) is 36.5 Å². The standard InChI is InChI=1S/C15H21ClN2O/c1-11(13-7-3-4-8-14(13)16)18(2)15(19)12-6-5-9-17-10-12/h3-4,7-8,11-12,17H,5-6,9-10H2,1-2H3/t11?,12-/m0/s1. The van der Waals surface area contributed by atoms with Crippen LogP contribution >= 0.6 is 11.6 Å². The van der Waals surface area contributed by atoms with Crippen molar-refractivity contribution in [2.24, 2.45) is 5.92 Å². The fourth-order valence-electron chi connectivity index (χ4n) is 2.56. The highest BCUT2D eigenvalue weighted by atomic mass is 35.5. The fraction of sp³-hybridized carbons (Fsp3) is 0.533. The Labute approximate surface area is 119 Å². The van der Waals surface area contributed by atoms with Crippen molar-refractivity contribution >= 4 is 17.5 Å². The number of rotatable bonds is 3. The van der Waals surface area contributed by atoms with Gasteiger partial charge in [0.1, 0.15) is 0 Å². The predicted octanol–water partition coefficient (Wildman–Crippen LogP) is 2.86. The lowest BCUT2D eigenvalue weighted by Crippen LogP contribution is -2.42. The SMILES string of the molecule is CC(c1ccccc1Cl)N(C)C(=O)[C@H]1CCCNC1. The Morgan fingerprint density at radius 3 is 2.84 bits per heavy atom. The Kier molecular flexibility index (Phi) is 4.83. The van der Waals surface area contributed by atoms with Crippen molar-refractivity contribution in [2.45, 2.75) is 25.8 Å². The maximum Gasteiger partial charge on any atom is 0.227 e. The molecule has 0 bridgehead atoms. The molecule has 1 fully saturated rings. The Hall–Kier alpha value is -1.06. The summed E-state index contributed by atoms with van der Waals surface area (Å²) in [5.41, 5.74) is 1.00. The molecular formula is C15H21ClN2O. The highest BCUT2D eigenvalue weighted by molar-refractivity contribution is 6.31. The Balaban J connectivity index is 2.08. The van der Waals surface area contributed by atoms with Gasteiger partial charge in [0.15, 0.2) is 0 Å². The molecule has 0 aliphatic carbocycles. The maximum absolute atomic E-state index is 12.5. The molecule has 104 valence electrons. The summed E-state index contributed by atoms with van der Waals surface area (Å²) >= 11 is 6.20. The van der Waals surface area contributed by atoms with Gasteiger partial charge in [-0.15, -0.1) is 0 Å². The van der Waals surface area contributed by atoms with Crippen LogP contribution in [0.15, 0.2) is 24.3 Å². The molecule has 4 heteroatoms. The van der Waals surface area contributed by atoms with Crippen molar-refractivity contribution in [1.29, 1.82) is 0 Å². The lowest BCUT2D eigenvalue weighted by Gasteiger charge is -2.31. The van der Waals surface area contributed by atoms with E-state index in [4.69, 9.17) is 11.6 Å². The van der Waals surface area contributed by atoms with E-state index >= 15 is 0 Å². The summed E-state index contributed by atoms with van der Waals surface area (Å²) in [7, 11) is 1.87. The summed E-state index contributed by atoms with van der Waals surface area (Å²) < 4.78 is 0. The molecule has 0 aromatic heterocycles. The summed E-state index contributed by atoms with van der Waals surface area (Å²) in [5.74, 6) is 0.309. The number of hydrogen-bond acceptors (Lipinski definition) is 2. The van der Waals surface area contributed by atoms with Gasteiger partial charge in [-0.1, -0.05) is 29.8 Å². The van der Waals surface area contributed by atoms with E-state index in [1.54, 1.807) is 0 Å². The molecule has 0 saturated carbocycles. The lowest BCUT2D eigenvalue weighted by molar-refractivity contribution is -0.136. The lowest BCUT2D eigenvalue weighted by atomic mass is 9.97. The van der Waals surface area contributed by atoms with Gasteiger partial charge < -0.3 is 10.2 Å². The zero-order valence-corrected chi connectivity index (χ0v) is 12.3. The number of piperidine rings is 1. The Morgan fingerprint density at radius 1 is 1.47 bits per heavy atom. The molecule has 1 heterocycles.